The number of amides is 1. The molecule has 1 amide bonds. The first-order valence-corrected chi connectivity index (χ1v) is 6.31. The molecule has 0 saturated heterocycles. The second-order valence-corrected chi connectivity index (χ2v) is 4.95. The van der Waals surface area contributed by atoms with E-state index in [0.29, 0.717) is 5.00 Å². The van der Waals surface area contributed by atoms with Gasteiger partial charge in [0, 0.05) is 11.1 Å². The van der Waals surface area contributed by atoms with Crippen LogP contribution in [0.4, 0.5) is 10.7 Å². The summed E-state index contributed by atoms with van der Waals surface area (Å²) in [6.45, 7) is 1.79. The van der Waals surface area contributed by atoms with Gasteiger partial charge in [0.15, 0.2) is 0 Å². The number of anilines is 1. The van der Waals surface area contributed by atoms with Crippen LogP contribution < -0.4 is 5.32 Å². The molecule has 0 aliphatic heterocycles. The number of halogens is 1. The Bertz CT molecular complexity index is 656. The van der Waals surface area contributed by atoms with Crippen LogP contribution in [0.25, 0.3) is 0 Å². The van der Waals surface area contributed by atoms with Crippen molar-refractivity contribution in [2.75, 3.05) is 5.32 Å². The molecule has 1 aromatic heterocycles. The van der Waals surface area contributed by atoms with Crippen LogP contribution in [-0.4, -0.2) is 15.2 Å². The van der Waals surface area contributed by atoms with E-state index in [4.69, 9.17) is 11.6 Å². The first kappa shape index (κ1) is 13.4. The van der Waals surface area contributed by atoms with E-state index in [1.54, 1.807) is 13.0 Å². The Labute approximate surface area is 117 Å². The molecular weight excluding hydrogens is 290 g/mol. The molecule has 0 spiro atoms. The molecule has 2 aromatic rings. The highest BCUT2D eigenvalue weighted by atomic mass is 35.5. The number of hydrogen-bond donors (Lipinski definition) is 1. The molecule has 0 atom stereocenters. The Morgan fingerprint density at radius 3 is 2.79 bits per heavy atom. The van der Waals surface area contributed by atoms with Crippen molar-refractivity contribution < 1.29 is 9.72 Å². The predicted molar refractivity (Wildman–Crippen MR) is 72.9 cm³/mol. The van der Waals surface area contributed by atoms with Crippen LogP contribution in [0.1, 0.15) is 16.1 Å². The maximum Gasteiger partial charge on any atom is 0.283 e. The second-order valence-electron chi connectivity index (χ2n) is 3.71. The molecule has 0 fully saturated rings. The van der Waals surface area contributed by atoms with Gasteiger partial charge in [-0.15, -0.1) is 0 Å². The van der Waals surface area contributed by atoms with Crippen molar-refractivity contribution in [3.63, 3.8) is 0 Å². The van der Waals surface area contributed by atoms with Crippen LogP contribution in [0, 0.1) is 17.0 Å². The lowest BCUT2D eigenvalue weighted by atomic mass is 10.1. The molecule has 6 nitrogen and oxygen atoms in total. The number of nitrogens with zero attached hydrogens (tertiary/aromatic N) is 2. The van der Waals surface area contributed by atoms with Gasteiger partial charge in [0.2, 0.25) is 0 Å². The van der Waals surface area contributed by atoms with E-state index in [1.807, 2.05) is 0 Å². The van der Waals surface area contributed by atoms with Crippen LogP contribution in [-0.2, 0) is 0 Å². The van der Waals surface area contributed by atoms with Gasteiger partial charge in [0.05, 0.1) is 10.6 Å². The fraction of sp³-hybridized carbons (Fsp3) is 0.0909. The van der Waals surface area contributed by atoms with Crippen molar-refractivity contribution in [3.8, 4) is 0 Å². The number of nitrogens with one attached hydrogen (secondary N) is 1. The number of rotatable bonds is 3. The molecule has 0 aliphatic carbocycles. The van der Waals surface area contributed by atoms with Gasteiger partial charge in [0.1, 0.15) is 10.6 Å². The number of carbonyl (C=O) groups is 1. The first-order valence-electron chi connectivity index (χ1n) is 5.16. The molecule has 0 bridgehead atoms. The Kier molecular flexibility index (Phi) is 3.77. The minimum Gasteiger partial charge on any atom is -0.312 e. The average molecular weight is 298 g/mol. The number of nitro groups is 1. The lowest BCUT2D eigenvalue weighted by molar-refractivity contribution is -0.385. The van der Waals surface area contributed by atoms with E-state index in [2.05, 4.69) is 9.69 Å². The summed E-state index contributed by atoms with van der Waals surface area (Å²) >= 11 is 6.80. The standard InChI is InChI=1S/C11H8ClN3O3S/c1-6-4-10(19-14-6)13-11(16)8-3-2-7(12)5-9(8)15(17)18/h2-5H,1H3,(H,13,16). The fourth-order valence-electron chi connectivity index (χ4n) is 1.45. The van der Waals surface area contributed by atoms with E-state index >= 15 is 0 Å². The SMILES string of the molecule is Cc1cc(NC(=O)c2ccc(Cl)cc2[N+](=O)[O-])sn1. The molecule has 1 N–H and O–H groups in total. The maximum absolute atomic E-state index is 12.0. The van der Waals surface area contributed by atoms with Crippen LogP contribution >= 0.6 is 23.1 Å². The molecule has 2 rings (SSSR count). The monoisotopic (exact) mass is 297 g/mol. The van der Waals surface area contributed by atoms with E-state index in [1.165, 1.54) is 12.1 Å². The van der Waals surface area contributed by atoms with Crippen LogP contribution in [0.15, 0.2) is 24.3 Å². The Morgan fingerprint density at radius 2 is 2.21 bits per heavy atom. The molecule has 0 aliphatic rings. The number of nitro benzene ring substituents is 1. The van der Waals surface area contributed by atoms with Gasteiger partial charge in [-0.2, -0.15) is 4.37 Å². The molecule has 0 unspecified atom stereocenters. The van der Waals surface area contributed by atoms with Gasteiger partial charge in [-0.1, -0.05) is 11.6 Å². The van der Waals surface area contributed by atoms with Crippen LogP contribution in [0.2, 0.25) is 5.02 Å². The number of hydrogen-bond acceptors (Lipinski definition) is 5. The van der Waals surface area contributed by atoms with Crippen molar-refractivity contribution in [3.05, 3.63) is 50.7 Å². The quantitative estimate of drug-likeness (QED) is 0.696. The Hall–Kier alpha value is -1.99. The topological polar surface area (TPSA) is 85.1 Å². The Morgan fingerprint density at radius 1 is 1.47 bits per heavy atom. The molecule has 0 radical (unpaired) electrons. The van der Waals surface area contributed by atoms with E-state index < -0.39 is 10.8 Å². The van der Waals surface area contributed by atoms with E-state index in [9.17, 15) is 14.9 Å². The third kappa shape index (κ3) is 3.07. The minimum atomic E-state index is -0.640. The van der Waals surface area contributed by atoms with Crippen LogP contribution in [0.3, 0.4) is 0 Å². The molecule has 19 heavy (non-hydrogen) atoms. The number of aromatic nitrogens is 1. The summed E-state index contributed by atoms with van der Waals surface area (Å²) in [5.74, 6) is -0.563. The van der Waals surface area contributed by atoms with Gasteiger partial charge in [-0.05, 0) is 36.7 Å². The van der Waals surface area contributed by atoms with Crippen molar-refractivity contribution in [2.45, 2.75) is 6.92 Å². The number of benzene rings is 1. The smallest absolute Gasteiger partial charge is 0.283 e. The summed E-state index contributed by atoms with van der Waals surface area (Å²) in [6.07, 6.45) is 0. The molecule has 98 valence electrons. The fourth-order valence-corrected chi connectivity index (χ4v) is 2.27. The van der Waals surface area contributed by atoms with E-state index in [0.717, 1.165) is 23.3 Å². The zero-order chi connectivity index (χ0) is 14.0. The van der Waals surface area contributed by atoms with Gasteiger partial charge >= 0.3 is 0 Å². The summed E-state index contributed by atoms with van der Waals surface area (Å²) < 4.78 is 4.01. The van der Waals surface area contributed by atoms with Crippen LogP contribution in [0.5, 0.6) is 0 Å². The summed E-state index contributed by atoms with van der Waals surface area (Å²) in [4.78, 5) is 22.2. The summed E-state index contributed by atoms with van der Waals surface area (Å²) in [6, 6.07) is 5.59. The van der Waals surface area contributed by atoms with Gasteiger partial charge in [0.25, 0.3) is 11.6 Å². The largest absolute Gasteiger partial charge is 0.312 e. The van der Waals surface area contributed by atoms with Gasteiger partial charge in [-0.25, -0.2) is 0 Å². The van der Waals surface area contributed by atoms with Crippen molar-refractivity contribution >= 4 is 39.7 Å². The zero-order valence-corrected chi connectivity index (χ0v) is 11.3. The Balaban J connectivity index is 2.31. The van der Waals surface area contributed by atoms with E-state index in [-0.39, 0.29) is 16.3 Å². The predicted octanol–water partition coefficient (Wildman–Crippen LogP) is 3.27. The number of carbonyl (C=O) groups excluding carboxylic acids is 1. The third-order valence-electron chi connectivity index (χ3n) is 2.27. The summed E-state index contributed by atoms with van der Waals surface area (Å²) in [5.41, 5.74) is 0.401. The molecule has 1 aromatic carbocycles. The maximum atomic E-state index is 12.0. The molecule has 0 saturated carbocycles. The zero-order valence-electron chi connectivity index (χ0n) is 9.71. The summed E-state index contributed by atoms with van der Waals surface area (Å²) in [5, 5.41) is 14.2. The lowest BCUT2D eigenvalue weighted by Gasteiger charge is -2.03. The van der Waals surface area contributed by atoms with Gasteiger partial charge < -0.3 is 5.32 Å². The first-order chi connectivity index (χ1) is 8.97. The van der Waals surface area contributed by atoms with Crippen molar-refractivity contribution in [2.24, 2.45) is 0 Å². The lowest BCUT2D eigenvalue weighted by Crippen LogP contribution is -2.13. The normalized spacial score (nSPS) is 10.2. The summed E-state index contributed by atoms with van der Waals surface area (Å²) in [7, 11) is 0. The van der Waals surface area contributed by atoms with Gasteiger partial charge in [-0.3, -0.25) is 14.9 Å². The van der Waals surface area contributed by atoms with Crippen molar-refractivity contribution in [1.82, 2.24) is 4.37 Å². The molecular formula is C11H8ClN3O3S. The highest BCUT2D eigenvalue weighted by molar-refractivity contribution is 7.10. The average Bonchev–Trinajstić information content (AvgIpc) is 2.74. The third-order valence-corrected chi connectivity index (χ3v) is 3.30. The highest BCUT2D eigenvalue weighted by Gasteiger charge is 2.21. The second kappa shape index (κ2) is 5.33. The highest BCUT2D eigenvalue weighted by Crippen LogP contribution is 2.25. The molecule has 8 heteroatoms. The molecule has 1 heterocycles. The minimum absolute atomic E-state index is 0.0412. The number of aryl methyl sites for hydroxylation is 1. The van der Waals surface area contributed by atoms with Crippen molar-refractivity contribution in [1.29, 1.82) is 0 Å².